The lowest BCUT2D eigenvalue weighted by atomic mass is 10.0. The Morgan fingerprint density at radius 2 is 1.76 bits per heavy atom. The molecule has 1 fully saturated rings. The number of hydrogen-bond acceptors (Lipinski definition) is 3. The molecule has 0 atom stereocenters. The average molecular weight is 562 g/mol. The highest BCUT2D eigenvalue weighted by Crippen LogP contribution is 2.28. The highest BCUT2D eigenvalue weighted by molar-refractivity contribution is 14.0. The number of amides is 1. The average Bonchev–Trinajstić information content (AvgIpc) is 3.27. The van der Waals surface area contributed by atoms with E-state index in [0.717, 1.165) is 63.5 Å². The van der Waals surface area contributed by atoms with Gasteiger partial charge in [-0.25, -0.2) is 0 Å². The predicted octanol–water partition coefficient (Wildman–Crippen LogP) is 4.20. The maximum atomic E-state index is 12.7. The molecule has 6 nitrogen and oxygen atoms in total. The summed E-state index contributed by atoms with van der Waals surface area (Å²) >= 11 is 0. The topological polar surface area (TPSA) is 60.0 Å². The maximum absolute atomic E-state index is 12.7. The predicted molar refractivity (Wildman–Crippen MR) is 148 cm³/mol. The lowest BCUT2D eigenvalue weighted by Crippen LogP contribution is -2.48. The molecular formula is C26H36IN5O. The highest BCUT2D eigenvalue weighted by atomic mass is 127. The molecule has 4 rings (SSSR count). The van der Waals surface area contributed by atoms with Crippen molar-refractivity contribution in [2.24, 2.45) is 4.99 Å². The van der Waals surface area contributed by atoms with Gasteiger partial charge >= 0.3 is 0 Å². The molecule has 2 aliphatic rings. The molecule has 2 N–H and O–H groups in total. The zero-order valence-electron chi connectivity index (χ0n) is 19.5. The molecule has 2 aromatic carbocycles. The van der Waals surface area contributed by atoms with Crippen molar-refractivity contribution < 1.29 is 4.79 Å². The molecule has 0 radical (unpaired) electrons. The van der Waals surface area contributed by atoms with E-state index in [2.05, 4.69) is 64.9 Å². The molecule has 2 aliphatic heterocycles. The lowest BCUT2D eigenvalue weighted by Gasteiger charge is -2.34. The Labute approximate surface area is 214 Å². The van der Waals surface area contributed by atoms with Crippen molar-refractivity contribution in [2.45, 2.75) is 45.1 Å². The number of para-hydroxylation sites is 2. The number of rotatable bonds is 7. The van der Waals surface area contributed by atoms with Gasteiger partial charge in [0.2, 0.25) is 5.91 Å². The van der Waals surface area contributed by atoms with Crippen LogP contribution in [0.15, 0.2) is 59.6 Å². The van der Waals surface area contributed by atoms with Crippen molar-refractivity contribution >= 4 is 47.2 Å². The first-order chi connectivity index (χ1) is 15.7. The number of aliphatic imine (C=N–C) groups is 1. The Morgan fingerprint density at radius 1 is 1.03 bits per heavy atom. The number of fused-ring (bicyclic) bond motifs is 1. The maximum Gasteiger partial charge on any atom is 0.227 e. The van der Waals surface area contributed by atoms with Crippen LogP contribution in [0.25, 0.3) is 0 Å². The van der Waals surface area contributed by atoms with E-state index in [-0.39, 0.29) is 29.9 Å². The second-order valence-electron chi connectivity index (χ2n) is 8.53. The largest absolute Gasteiger partial charge is 0.371 e. The molecule has 178 valence electrons. The number of benzene rings is 2. The lowest BCUT2D eigenvalue weighted by molar-refractivity contribution is -0.118. The number of nitrogens with one attached hydrogen (secondary N) is 2. The van der Waals surface area contributed by atoms with Crippen molar-refractivity contribution in [1.29, 1.82) is 0 Å². The smallest absolute Gasteiger partial charge is 0.227 e. The number of carbonyl (C=O) groups is 1. The minimum absolute atomic E-state index is 0. The number of piperidine rings is 1. The number of anilines is 2. The van der Waals surface area contributed by atoms with Crippen LogP contribution in [0.2, 0.25) is 0 Å². The number of guanidine groups is 1. The fourth-order valence-corrected chi connectivity index (χ4v) is 4.59. The summed E-state index contributed by atoms with van der Waals surface area (Å²) in [5, 5.41) is 6.96. The third-order valence-corrected chi connectivity index (χ3v) is 6.31. The van der Waals surface area contributed by atoms with Gasteiger partial charge in [0.15, 0.2) is 5.96 Å². The Balaban J connectivity index is 0.00000306. The van der Waals surface area contributed by atoms with Crippen molar-refractivity contribution in [3.63, 3.8) is 0 Å². The molecule has 0 saturated carbocycles. The number of carbonyl (C=O) groups excluding carboxylic acids is 1. The zero-order chi connectivity index (χ0) is 22.2. The molecule has 1 amide bonds. The van der Waals surface area contributed by atoms with E-state index in [4.69, 9.17) is 4.99 Å². The van der Waals surface area contributed by atoms with Crippen LogP contribution in [-0.4, -0.2) is 50.6 Å². The standard InChI is InChI=1S/C26H35N5O.HI/c1-2-27-26(29-22-15-18-30(19-16-22)23-10-4-3-5-11-23)28-17-8-13-25(32)31-20-14-21-9-6-7-12-24(21)31;/h3-7,9-12,22H,2,8,13-20H2,1H3,(H2,27,28,29);1H. The molecule has 0 aromatic heterocycles. The molecule has 0 unspecified atom stereocenters. The van der Waals surface area contributed by atoms with Crippen LogP contribution in [-0.2, 0) is 11.2 Å². The summed E-state index contributed by atoms with van der Waals surface area (Å²) < 4.78 is 0. The number of halogens is 1. The number of hydrogen-bond donors (Lipinski definition) is 2. The van der Waals surface area contributed by atoms with E-state index in [1.165, 1.54) is 11.3 Å². The molecule has 0 bridgehead atoms. The monoisotopic (exact) mass is 561 g/mol. The van der Waals surface area contributed by atoms with Crippen molar-refractivity contribution in [2.75, 3.05) is 42.5 Å². The van der Waals surface area contributed by atoms with Gasteiger partial charge in [-0.3, -0.25) is 9.79 Å². The fourth-order valence-electron chi connectivity index (χ4n) is 4.59. The van der Waals surface area contributed by atoms with E-state index in [0.29, 0.717) is 19.0 Å². The van der Waals surface area contributed by atoms with Gasteiger partial charge in [-0.05, 0) is 56.4 Å². The second-order valence-corrected chi connectivity index (χ2v) is 8.53. The van der Waals surface area contributed by atoms with Gasteiger partial charge in [0.1, 0.15) is 0 Å². The zero-order valence-corrected chi connectivity index (χ0v) is 21.8. The van der Waals surface area contributed by atoms with Gasteiger partial charge in [-0.1, -0.05) is 36.4 Å². The van der Waals surface area contributed by atoms with Crippen LogP contribution in [0.4, 0.5) is 11.4 Å². The van der Waals surface area contributed by atoms with E-state index >= 15 is 0 Å². The van der Waals surface area contributed by atoms with Gasteiger partial charge < -0.3 is 20.4 Å². The molecule has 1 saturated heterocycles. The van der Waals surface area contributed by atoms with E-state index in [1.54, 1.807) is 0 Å². The molecule has 0 spiro atoms. The fraction of sp³-hybridized carbons (Fsp3) is 0.462. The van der Waals surface area contributed by atoms with E-state index in [9.17, 15) is 4.79 Å². The minimum Gasteiger partial charge on any atom is -0.371 e. The van der Waals surface area contributed by atoms with E-state index < -0.39 is 0 Å². The van der Waals surface area contributed by atoms with Gasteiger partial charge in [-0.2, -0.15) is 0 Å². The first-order valence-corrected chi connectivity index (χ1v) is 12.0. The van der Waals surface area contributed by atoms with Crippen molar-refractivity contribution in [3.8, 4) is 0 Å². The van der Waals surface area contributed by atoms with Crippen molar-refractivity contribution in [3.05, 3.63) is 60.2 Å². The third kappa shape index (κ3) is 6.85. The molecular weight excluding hydrogens is 525 g/mol. The normalized spacial score (nSPS) is 16.2. The first kappa shape index (κ1) is 25.3. The minimum atomic E-state index is 0. The quantitative estimate of drug-likeness (QED) is 0.230. The van der Waals surface area contributed by atoms with E-state index in [1.807, 2.05) is 17.0 Å². The molecule has 2 heterocycles. The van der Waals surface area contributed by atoms with Crippen LogP contribution in [0.1, 0.15) is 38.2 Å². The summed E-state index contributed by atoms with van der Waals surface area (Å²) in [6, 6.07) is 19.3. The summed E-state index contributed by atoms with van der Waals surface area (Å²) in [5.74, 6) is 1.07. The highest BCUT2D eigenvalue weighted by Gasteiger charge is 2.23. The van der Waals surface area contributed by atoms with Gasteiger partial charge in [-0.15, -0.1) is 24.0 Å². The Kier molecular flexibility index (Phi) is 9.84. The summed E-state index contributed by atoms with van der Waals surface area (Å²) in [5.41, 5.74) is 3.66. The van der Waals surface area contributed by atoms with Gasteiger partial charge in [0.05, 0.1) is 0 Å². The van der Waals surface area contributed by atoms with Crippen LogP contribution in [0.5, 0.6) is 0 Å². The SMILES string of the molecule is CCNC(=NCCCC(=O)N1CCc2ccccc21)NC1CCN(c2ccccc2)CC1.I. The Hall–Kier alpha value is -2.29. The first-order valence-electron chi connectivity index (χ1n) is 12.0. The van der Waals surface area contributed by atoms with Crippen LogP contribution < -0.4 is 20.4 Å². The molecule has 2 aromatic rings. The third-order valence-electron chi connectivity index (χ3n) is 6.31. The van der Waals surface area contributed by atoms with Crippen molar-refractivity contribution in [1.82, 2.24) is 10.6 Å². The second kappa shape index (κ2) is 12.8. The van der Waals surface area contributed by atoms with Gasteiger partial charge in [0.25, 0.3) is 0 Å². The van der Waals surface area contributed by atoms with Crippen LogP contribution in [0.3, 0.4) is 0 Å². The molecule has 0 aliphatic carbocycles. The van der Waals surface area contributed by atoms with Crippen LogP contribution in [0, 0.1) is 0 Å². The Morgan fingerprint density at radius 3 is 2.52 bits per heavy atom. The van der Waals surface area contributed by atoms with Gasteiger partial charge in [0, 0.05) is 56.6 Å². The molecule has 33 heavy (non-hydrogen) atoms. The molecule has 7 heteroatoms. The summed E-state index contributed by atoms with van der Waals surface area (Å²) in [6.07, 6.45) is 4.43. The summed E-state index contributed by atoms with van der Waals surface area (Å²) in [4.78, 5) is 21.8. The summed E-state index contributed by atoms with van der Waals surface area (Å²) in [7, 11) is 0. The number of nitrogens with zero attached hydrogens (tertiary/aromatic N) is 3. The summed E-state index contributed by atoms with van der Waals surface area (Å²) in [6.45, 7) is 6.47. The van der Waals surface area contributed by atoms with Crippen LogP contribution >= 0.6 is 24.0 Å². The Bertz CT molecular complexity index is 912.